The van der Waals surface area contributed by atoms with Crippen LogP contribution in [0.4, 0.5) is 19.0 Å². The molecule has 3 rings (SSSR count). The van der Waals surface area contributed by atoms with Gasteiger partial charge in [-0.25, -0.2) is 4.98 Å². The maximum atomic E-state index is 12.7. The Morgan fingerprint density at radius 2 is 2.00 bits per heavy atom. The van der Waals surface area contributed by atoms with Crippen LogP contribution in [0, 0.1) is 6.92 Å². The number of anilines is 1. The van der Waals surface area contributed by atoms with Crippen LogP contribution in [-0.4, -0.2) is 23.2 Å². The summed E-state index contributed by atoms with van der Waals surface area (Å²) in [6, 6.07) is 2.57. The Hall–Kier alpha value is -2.25. The Morgan fingerprint density at radius 1 is 1.30 bits per heavy atom. The van der Waals surface area contributed by atoms with Crippen molar-refractivity contribution in [1.82, 2.24) is 10.1 Å². The van der Waals surface area contributed by atoms with Crippen LogP contribution >= 0.6 is 0 Å². The Morgan fingerprint density at radius 3 is 2.52 bits per heavy atom. The van der Waals surface area contributed by atoms with E-state index in [1.165, 1.54) is 6.07 Å². The summed E-state index contributed by atoms with van der Waals surface area (Å²) < 4.78 is 43.2. The molecule has 1 aliphatic heterocycles. The number of H-pyrrole nitrogens is 1. The third-order valence-electron chi connectivity index (χ3n) is 4.12. The molecule has 23 heavy (non-hydrogen) atoms. The number of aromatic nitrogens is 2. The van der Waals surface area contributed by atoms with Gasteiger partial charge in [-0.2, -0.15) is 18.3 Å². The van der Waals surface area contributed by atoms with Gasteiger partial charge in [0.05, 0.1) is 5.56 Å². The molecule has 124 valence electrons. The summed E-state index contributed by atoms with van der Waals surface area (Å²) in [6.07, 6.45) is -2.00. The highest BCUT2D eigenvalue weighted by Gasteiger charge is 2.32. The molecule has 1 saturated heterocycles. The van der Waals surface area contributed by atoms with Crippen LogP contribution in [-0.2, 0) is 6.18 Å². The molecule has 1 aliphatic rings. The molecule has 0 saturated carbocycles. The highest BCUT2D eigenvalue weighted by Crippen LogP contribution is 2.33. The Balaban J connectivity index is 1.71. The van der Waals surface area contributed by atoms with Crippen molar-refractivity contribution in [2.24, 2.45) is 0 Å². The van der Waals surface area contributed by atoms with Crippen molar-refractivity contribution in [2.45, 2.75) is 31.9 Å². The van der Waals surface area contributed by atoms with E-state index < -0.39 is 11.7 Å². The molecule has 2 aromatic heterocycles. The SMILES string of the molecule is Cc1cc(C(F)(F)F)cnc1N1CCC(c2cc(=O)[nH]o2)CC1. The zero-order chi connectivity index (χ0) is 16.6. The first-order valence-electron chi connectivity index (χ1n) is 7.32. The van der Waals surface area contributed by atoms with Gasteiger partial charge in [0, 0.05) is 31.3 Å². The number of rotatable bonds is 2. The molecule has 3 heterocycles. The fraction of sp³-hybridized carbons (Fsp3) is 0.467. The molecule has 0 bridgehead atoms. The summed E-state index contributed by atoms with van der Waals surface area (Å²) in [4.78, 5) is 17.1. The van der Waals surface area contributed by atoms with E-state index >= 15 is 0 Å². The molecule has 1 fully saturated rings. The number of halogens is 3. The fourth-order valence-electron chi connectivity index (χ4n) is 2.93. The number of aryl methyl sites for hydroxylation is 1. The monoisotopic (exact) mass is 327 g/mol. The van der Waals surface area contributed by atoms with Gasteiger partial charge in [0.1, 0.15) is 11.6 Å². The molecule has 0 spiro atoms. The number of aromatic amines is 1. The lowest BCUT2D eigenvalue weighted by molar-refractivity contribution is -0.137. The van der Waals surface area contributed by atoms with Gasteiger partial charge in [0.25, 0.3) is 5.56 Å². The quantitative estimate of drug-likeness (QED) is 0.921. The smallest absolute Gasteiger partial charge is 0.383 e. The van der Waals surface area contributed by atoms with Crippen molar-refractivity contribution in [1.29, 1.82) is 0 Å². The topological polar surface area (TPSA) is 62.1 Å². The predicted octanol–water partition coefficient (Wildman–Crippen LogP) is 3.07. The summed E-state index contributed by atoms with van der Waals surface area (Å²) in [5, 5.41) is 2.28. The number of nitrogens with one attached hydrogen (secondary N) is 1. The molecule has 0 aromatic carbocycles. The number of alkyl halides is 3. The number of pyridine rings is 1. The molecular weight excluding hydrogens is 311 g/mol. The first-order valence-corrected chi connectivity index (χ1v) is 7.32. The van der Waals surface area contributed by atoms with Crippen molar-refractivity contribution in [3.8, 4) is 0 Å². The van der Waals surface area contributed by atoms with E-state index in [2.05, 4.69) is 10.1 Å². The molecule has 1 N–H and O–H groups in total. The van der Waals surface area contributed by atoms with Gasteiger partial charge in [-0.1, -0.05) is 0 Å². The molecule has 5 nitrogen and oxygen atoms in total. The average Bonchev–Trinajstić information content (AvgIpc) is 2.93. The van der Waals surface area contributed by atoms with Crippen LogP contribution in [0.15, 0.2) is 27.6 Å². The Labute approximate surface area is 130 Å². The minimum atomic E-state index is -4.38. The van der Waals surface area contributed by atoms with E-state index in [0.717, 1.165) is 25.1 Å². The number of hydrogen-bond donors (Lipinski definition) is 1. The zero-order valence-electron chi connectivity index (χ0n) is 12.5. The maximum Gasteiger partial charge on any atom is 0.417 e. The van der Waals surface area contributed by atoms with E-state index in [0.29, 0.717) is 30.2 Å². The van der Waals surface area contributed by atoms with E-state index in [9.17, 15) is 18.0 Å². The first kappa shape index (κ1) is 15.6. The highest BCUT2D eigenvalue weighted by atomic mass is 19.4. The predicted molar refractivity (Wildman–Crippen MR) is 77.5 cm³/mol. The molecular formula is C15H16F3N3O2. The van der Waals surface area contributed by atoms with E-state index in [1.54, 1.807) is 6.92 Å². The summed E-state index contributed by atoms with van der Waals surface area (Å²) in [5.74, 6) is 1.35. The largest absolute Gasteiger partial charge is 0.417 e. The second kappa shape index (κ2) is 5.75. The van der Waals surface area contributed by atoms with E-state index in [-0.39, 0.29) is 11.5 Å². The summed E-state index contributed by atoms with van der Waals surface area (Å²) in [6.45, 7) is 2.94. The van der Waals surface area contributed by atoms with Crippen LogP contribution in [0.25, 0.3) is 0 Å². The summed E-state index contributed by atoms with van der Waals surface area (Å²) in [5.41, 5.74) is -0.489. The summed E-state index contributed by atoms with van der Waals surface area (Å²) in [7, 11) is 0. The van der Waals surface area contributed by atoms with Gasteiger partial charge >= 0.3 is 6.18 Å². The standard InChI is InChI=1S/C15H16F3N3O2/c1-9-6-11(15(16,17)18)8-19-14(9)21-4-2-10(3-5-21)12-7-13(22)20-23-12/h6-8,10H,2-5H2,1H3,(H,20,22). The van der Waals surface area contributed by atoms with Crippen LogP contribution in [0.1, 0.15) is 35.6 Å². The molecule has 2 aromatic rings. The molecule has 8 heteroatoms. The van der Waals surface area contributed by atoms with Gasteiger partial charge in [0.15, 0.2) is 0 Å². The van der Waals surface area contributed by atoms with Crippen molar-refractivity contribution < 1.29 is 17.7 Å². The average molecular weight is 327 g/mol. The maximum absolute atomic E-state index is 12.7. The van der Waals surface area contributed by atoms with Crippen molar-refractivity contribution in [3.63, 3.8) is 0 Å². The van der Waals surface area contributed by atoms with E-state index in [4.69, 9.17) is 4.52 Å². The third kappa shape index (κ3) is 3.25. The number of piperidine rings is 1. The number of nitrogens with zero attached hydrogens (tertiary/aromatic N) is 2. The van der Waals surface area contributed by atoms with Gasteiger partial charge in [0.2, 0.25) is 0 Å². The summed E-state index contributed by atoms with van der Waals surface area (Å²) >= 11 is 0. The lowest BCUT2D eigenvalue weighted by Gasteiger charge is -2.32. The normalized spacial score (nSPS) is 16.8. The minimum absolute atomic E-state index is 0.139. The van der Waals surface area contributed by atoms with Crippen LogP contribution in [0.2, 0.25) is 0 Å². The van der Waals surface area contributed by atoms with Gasteiger partial charge < -0.3 is 9.42 Å². The first-order chi connectivity index (χ1) is 10.8. The highest BCUT2D eigenvalue weighted by molar-refractivity contribution is 5.48. The molecule has 0 radical (unpaired) electrons. The fourth-order valence-corrected chi connectivity index (χ4v) is 2.93. The molecule has 0 aliphatic carbocycles. The van der Waals surface area contributed by atoms with Crippen molar-refractivity contribution in [3.05, 3.63) is 45.6 Å². The minimum Gasteiger partial charge on any atom is -0.383 e. The van der Waals surface area contributed by atoms with Crippen LogP contribution < -0.4 is 10.5 Å². The molecule has 0 amide bonds. The second-order valence-corrected chi connectivity index (χ2v) is 5.74. The third-order valence-corrected chi connectivity index (χ3v) is 4.12. The Kier molecular flexibility index (Phi) is 3.91. The van der Waals surface area contributed by atoms with Gasteiger partial charge in [-0.3, -0.25) is 4.79 Å². The van der Waals surface area contributed by atoms with Crippen LogP contribution in [0.3, 0.4) is 0 Å². The lowest BCUT2D eigenvalue weighted by Crippen LogP contribution is -2.34. The van der Waals surface area contributed by atoms with Gasteiger partial charge in [-0.15, -0.1) is 0 Å². The number of hydrogen-bond acceptors (Lipinski definition) is 4. The van der Waals surface area contributed by atoms with Crippen LogP contribution in [0.5, 0.6) is 0 Å². The zero-order valence-corrected chi connectivity index (χ0v) is 12.5. The second-order valence-electron chi connectivity index (χ2n) is 5.74. The van der Waals surface area contributed by atoms with Gasteiger partial charge in [-0.05, 0) is 31.4 Å². The Bertz CT molecular complexity index is 743. The van der Waals surface area contributed by atoms with Crippen molar-refractivity contribution in [2.75, 3.05) is 18.0 Å². The molecule has 0 unspecified atom stereocenters. The lowest BCUT2D eigenvalue weighted by atomic mass is 9.94. The van der Waals surface area contributed by atoms with E-state index in [1.807, 2.05) is 4.90 Å². The van der Waals surface area contributed by atoms with Crippen molar-refractivity contribution >= 4 is 5.82 Å². The molecule has 0 atom stereocenters.